The van der Waals surface area contributed by atoms with Crippen LogP contribution in [0.2, 0.25) is 0 Å². The summed E-state index contributed by atoms with van der Waals surface area (Å²) in [5, 5.41) is 4.83. The first kappa shape index (κ1) is 13.9. The van der Waals surface area contributed by atoms with E-state index >= 15 is 0 Å². The molecule has 0 rings (SSSR count). The van der Waals surface area contributed by atoms with Crippen LogP contribution < -0.4 is 5.14 Å². The van der Waals surface area contributed by atoms with Crippen LogP contribution in [0.4, 0.5) is 0 Å². The summed E-state index contributed by atoms with van der Waals surface area (Å²) in [6.07, 6.45) is 5.19. The van der Waals surface area contributed by atoms with Gasteiger partial charge in [0.2, 0.25) is 10.0 Å². The van der Waals surface area contributed by atoms with Crippen LogP contribution in [0, 0.1) is 0 Å². The summed E-state index contributed by atoms with van der Waals surface area (Å²) in [7, 11) is -3.31. The van der Waals surface area contributed by atoms with Crippen LogP contribution in [0.25, 0.3) is 0 Å². The van der Waals surface area contributed by atoms with Crippen LogP contribution in [-0.4, -0.2) is 27.4 Å². The fourth-order valence-electron chi connectivity index (χ4n) is 1.10. The number of hydrogen-bond donors (Lipinski definition) is 1. The van der Waals surface area contributed by atoms with E-state index < -0.39 is 10.0 Å². The number of rotatable bonds is 9. The molecule has 0 saturated carbocycles. The van der Waals surface area contributed by atoms with Crippen molar-refractivity contribution in [2.45, 2.75) is 39.0 Å². The van der Waals surface area contributed by atoms with Crippen LogP contribution in [0.15, 0.2) is 0 Å². The van der Waals surface area contributed by atoms with Crippen molar-refractivity contribution in [1.29, 1.82) is 0 Å². The Labute approximate surface area is 86.9 Å². The molecule has 0 aliphatic rings. The molecular formula is C9H21NO3S. The normalized spacial score (nSPS) is 11.9. The lowest BCUT2D eigenvalue weighted by Crippen LogP contribution is -2.17. The van der Waals surface area contributed by atoms with E-state index in [4.69, 9.17) is 9.88 Å². The van der Waals surface area contributed by atoms with E-state index in [1.54, 1.807) is 0 Å². The quantitative estimate of drug-likeness (QED) is 0.598. The number of ether oxygens (including phenoxy) is 1. The molecule has 86 valence electrons. The Morgan fingerprint density at radius 2 is 1.71 bits per heavy atom. The van der Waals surface area contributed by atoms with Gasteiger partial charge in [-0.3, -0.25) is 0 Å². The van der Waals surface area contributed by atoms with Crippen molar-refractivity contribution in [3.05, 3.63) is 0 Å². The van der Waals surface area contributed by atoms with Gasteiger partial charge in [0.1, 0.15) is 0 Å². The molecule has 0 unspecified atom stereocenters. The Morgan fingerprint density at radius 3 is 2.29 bits per heavy atom. The number of nitrogens with two attached hydrogens (primary N) is 1. The molecule has 0 heterocycles. The van der Waals surface area contributed by atoms with E-state index in [-0.39, 0.29) is 5.75 Å². The van der Waals surface area contributed by atoms with Crippen LogP contribution in [0.3, 0.4) is 0 Å². The molecule has 0 saturated heterocycles. The van der Waals surface area contributed by atoms with Gasteiger partial charge in [-0.2, -0.15) is 0 Å². The van der Waals surface area contributed by atoms with Gasteiger partial charge in [-0.1, -0.05) is 26.2 Å². The maximum Gasteiger partial charge on any atom is 0.209 e. The lowest BCUT2D eigenvalue weighted by molar-refractivity contribution is 0.131. The molecule has 4 nitrogen and oxygen atoms in total. The largest absolute Gasteiger partial charge is 0.381 e. The van der Waals surface area contributed by atoms with Crippen molar-refractivity contribution in [3.63, 3.8) is 0 Å². The number of hydrogen-bond acceptors (Lipinski definition) is 3. The van der Waals surface area contributed by atoms with Crippen LogP contribution >= 0.6 is 0 Å². The van der Waals surface area contributed by atoms with Crippen LogP contribution in [0.5, 0.6) is 0 Å². The van der Waals surface area contributed by atoms with Crippen LogP contribution in [-0.2, 0) is 14.8 Å². The minimum Gasteiger partial charge on any atom is -0.381 e. The molecule has 0 amide bonds. The first-order valence-corrected chi connectivity index (χ1v) is 6.86. The van der Waals surface area contributed by atoms with Crippen molar-refractivity contribution in [1.82, 2.24) is 0 Å². The molecule has 0 fully saturated rings. The highest BCUT2D eigenvalue weighted by molar-refractivity contribution is 7.89. The molecule has 0 aliphatic heterocycles. The Bertz CT molecular complexity index is 214. The molecule has 0 aromatic heterocycles. The maximum absolute atomic E-state index is 10.5. The predicted molar refractivity (Wildman–Crippen MR) is 57.6 cm³/mol. The zero-order chi connectivity index (χ0) is 10.9. The molecule has 0 atom stereocenters. The first-order valence-electron chi connectivity index (χ1n) is 5.14. The second-order valence-corrected chi connectivity index (χ2v) is 5.13. The second-order valence-electron chi connectivity index (χ2n) is 3.39. The minimum absolute atomic E-state index is 0.0158. The Hall–Kier alpha value is -0.130. The van der Waals surface area contributed by atoms with Crippen molar-refractivity contribution in [2.75, 3.05) is 19.0 Å². The van der Waals surface area contributed by atoms with Gasteiger partial charge in [-0.05, 0) is 12.8 Å². The third-order valence-corrected chi connectivity index (χ3v) is 2.72. The first-order chi connectivity index (χ1) is 6.56. The summed E-state index contributed by atoms with van der Waals surface area (Å²) < 4.78 is 26.3. The smallest absolute Gasteiger partial charge is 0.209 e. The zero-order valence-corrected chi connectivity index (χ0v) is 9.68. The highest BCUT2D eigenvalue weighted by Gasteiger charge is 2.00. The summed E-state index contributed by atoms with van der Waals surface area (Å²) in [6, 6.07) is 0. The Morgan fingerprint density at radius 1 is 1.07 bits per heavy atom. The van der Waals surface area contributed by atoms with Gasteiger partial charge >= 0.3 is 0 Å². The average Bonchev–Trinajstić information content (AvgIpc) is 2.08. The number of primary sulfonamides is 1. The summed E-state index contributed by atoms with van der Waals surface area (Å²) in [5.41, 5.74) is 0. The van der Waals surface area contributed by atoms with Crippen molar-refractivity contribution < 1.29 is 13.2 Å². The van der Waals surface area contributed by atoms with Crippen molar-refractivity contribution in [2.24, 2.45) is 5.14 Å². The van der Waals surface area contributed by atoms with E-state index in [0.29, 0.717) is 13.0 Å². The van der Waals surface area contributed by atoms with Gasteiger partial charge in [0, 0.05) is 13.2 Å². The molecule has 14 heavy (non-hydrogen) atoms. The molecule has 0 bridgehead atoms. The molecule has 0 radical (unpaired) electrons. The lowest BCUT2D eigenvalue weighted by atomic mass is 10.2. The van der Waals surface area contributed by atoms with Gasteiger partial charge in [0.15, 0.2) is 0 Å². The molecule has 0 aliphatic carbocycles. The molecular weight excluding hydrogens is 202 g/mol. The molecule has 0 spiro atoms. The topological polar surface area (TPSA) is 69.4 Å². The molecule has 0 aromatic rings. The fourth-order valence-corrected chi connectivity index (χ4v) is 1.62. The van der Waals surface area contributed by atoms with Crippen molar-refractivity contribution in [3.8, 4) is 0 Å². The highest BCUT2D eigenvalue weighted by Crippen LogP contribution is 1.99. The zero-order valence-electron chi connectivity index (χ0n) is 8.87. The van der Waals surface area contributed by atoms with Crippen molar-refractivity contribution >= 4 is 10.0 Å². The Balaban J connectivity index is 3.07. The second kappa shape index (κ2) is 8.20. The summed E-state index contributed by atoms with van der Waals surface area (Å²) in [5.74, 6) is 0.0158. The number of unbranched alkanes of at least 4 members (excludes halogenated alkanes) is 3. The third kappa shape index (κ3) is 11.9. The minimum atomic E-state index is -3.31. The SMILES string of the molecule is CCCCCCOCCCS(N)(=O)=O. The summed E-state index contributed by atoms with van der Waals surface area (Å²) >= 11 is 0. The molecule has 2 N–H and O–H groups in total. The number of sulfonamides is 1. The van der Waals surface area contributed by atoms with Gasteiger partial charge in [0.05, 0.1) is 5.75 Å². The van der Waals surface area contributed by atoms with Gasteiger partial charge in [-0.15, -0.1) is 0 Å². The predicted octanol–water partition coefficient (Wildman–Crippen LogP) is 1.26. The average molecular weight is 223 g/mol. The molecule has 5 heteroatoms. The van der Waals surface area contributed by atoms with E-state index in [1.807, 2.05) is 0 Å². The summed E-state index contributed by atoms with van der Waals surface area (Å²) in [6.45, 7) is 3.38. The van der Waals surface area contributed by atoms with E-state index in [0.717, 1.165) is 13.0 Å². The van der Waals surface area contributed by atoms with E-state index in [1.165, 1.54) is 19.3 Å². The summed E-state index contributed by atoms with van der Waals surface area (Å²) in [4.78, 5) is 0. The van der Waals surface area contributed by atoms with Crippen LogP contribution in [0.1, 0.15) is 39.0 Å². The molecule has 0 aromatic carbocycles. The highest BCUT2D eigenvalue weighted by atomic mass is 32.2. The van der Waals surface area contributed by atoms with E-state index in [2.05, 4.69) is 6.92 Å². The standard InChI is InChI=1S/C9H21NO3S/c1-2-3-4-5-7-13-8-6-9-14(10,11)12/h2-9H2,1H3,(H2,10,11,12). The van der Waals surface area contributed by atoms with Gasteiger partial charge in [-0.25, -0.2) is 13.6 Å². The fraction of sp³-hybridized carbons (Fsp3) is 1.00. The van der Waals surface area contributed by atoms with Gasteiger partial charge < -0.3 is 4.74 Å². The maximum atomic E-state index is 10.5. The van der Waals surface area contributed by atoms with Gasteiger partial charge in [0.25, 0.3) is 0 Å². The van der Waals surface area contributed by atoms with E-state index in [9.17, 15) is 8.42 Å². The monoisotopic (exact) mass is 223 g/mol. The Kier molecular flexibility index (Phi) is 8.12. The lowest BCUT2D eigenvalue weighted by Gasteiger charge is -2.02. The third-order valence-electron chi connectivity index (χ3n) is 1.86.